The fraction of sp³-hybridized carbons (Fsp3) is 0.333. The molecule has 1 fully saturated rings. The van der Waals surface area contributed by atoms with Crippen LogP contribution in [0.2, 0.25) is 0 Å². The van der Waals surface area contributed by atoms with Crippen LogP contribution in [0.15, 0.2) is 35.7 Å². The van der Waals surface area contributed by atoms with Gasteiger partial charge in [0.1, 0.15) is 11.1 Å². The number of rotatable bonds is 4. The zero-order valence-electron chi connectivity index (χ0n) is 11.0. The largest absolute Gasteiger partial charge is 0.376 e. The van der Waals surface area contributed by atoms with Crippen molar-refractivity contribution in [3.63, 3.8) is 0 Å². The average molecular weight is 289 g/mol. The fourth-order valence-electron chi connectivity index (χ4n) is 2.07. The van der Waals surface area contributed by atoms with E-state index in [2.05, 4.69) is 4.98 Å². The zero-order valence-corrected chi connectivity index (χ0v) is 11.8. The van der Waals surface area contributed by atoms with Gasteiger partial charge >= 0.3 is 0 Å². The maximum absolute atomic E-state index is 12.1. The van der Waals surface area contributed by atoms with Crippen LogP contribution in [-0.4, -0.2) is 30.6 Å². The number of aromatic nitrogens is 1. The van der Waals surface area contributed by atoms with Crippen LogP contribution < -0.4 is 0 Å². The Morgan fingerprint density at radius 1 is 1.30 bits per heavy atom. The molecule has 4 nitrogen and oxygen atoms in total. The molecule has 0 aliphatic carbocycles. The maximum atomic E-state index is 12.1. The first kappa shape index (κ1) is 13.4. The van der Waals surface area contributed by atoms with E-state index in [1.54, 1.807) is 0 Å². The van der Waals surface area contributed by atoms with Gasteiger partial charge in [-0.05, 0) is 0 Å². The first-order valence-electron chi connectivity index (χ1n) is 6.55. The molecule has 1 saturated heterocycles. The highest BCUT2D eigenvalue weighted by molar-refractivity contribution is 7.09. The van der Waals surface area contributed by atoms with E-state index in [-0.39, 0.29) is 11.9 Å². The van der Waals surface area contributed by atoms with Gasteiger partial charge in [-0.15, -0.1) is 11.3 Å². The van der Waals surface area contributed by atoms with Gasteiger partial charge in [-0.2, -0.15) is 0 Å². The van der Waals surface area contributed by atoms with Crippen molar-refractivity contribution < 1.29 is 14.3 Å². The van der Waals surface area contributed by atoms with Crippen LogP contribution >= 0.6 is 11.3 Å². The SMILES string of the molecule is O=C(Cc1csc(C2COCCO2)n1)c1ccccc1. The van der Waals surface area contributed by atoms with Crippen LogP contribution in [0.3, 0.4) is 0 Å². The molecule has 104 valence electrons. The van der Waals surface area contributed by atoms with Crippen LogP contribution in [0.5, 0.6) is 0 Å². The summed E-state index contributed by atoms with van der Waals surface area (Å²) in [6.45, 7) is 1.78. The van der Waals surface area contributed by atoms with Gasteiger partial charge in [0.2, 0.25) is 0 Å². The number of Topliss-reactive ketones (excluding diaryl/α,β-unsaturated/α-hetero) is 1. The van der Waals surface area contributed by atoms with E-state index in [1.807, 2.05) is 35.7 Å². The van der Waals surface area contributed by atoms with Gasteiger partial charge in [0.15, 0.2) is 5.78 Å². The van der Waals surface area contributed by atoms with Crippen LogP contribution in [0, 0.1) is 0 Å². The van der Waals surface area contributed by atoms with Crippen molar-refractivity contribution in [1.29, 1.82) is 0 Å². The first-order valence-corrected chi connectivity index (χ1v) is 7.43. The second-order valence-corrected chi connectivity index (χ2v) is 5.47. The van der Waals surface area contributed by atoms with Gasteiger partial charge in [0.05, 0.1) is 31.9 Å². The number of hydrogen-bond donors (Lipinski definition) is 0. The molecule has 0 spiro atoms. The molecule has 1 aromatic heterocycles. The number of nitrogens with zero attached hydrogens (tertiary/aromatic N) is 1. The number of carbonyl (C=O) groups is 1. The molecule has 1 atom stereocenters. The molecule has 0 amide bonds. The Bertz CT molecular complexity index is 576. The van der Waals surface area contributed by atoms with Gasteiger partial charge in [-0.1, -0.05) is 30.3 Å². The van der Waals surface area contributed by atoms with Crippen molar-refractivity contribution in [2.24, 2.45) is 0 Å². The molecule has 20 heavy (non-hydrogen) atoms. The van der Waals surface area contributed by atoms with E-state index in [0.29, 0.717) is 26.2 Å². The molecule has 2 aromatic rings. The summed E-state index contributed by atoms with van der Waals surface area (Å²) in [6.07, 6.45) is 0.239. The molecule has 1 aliphatic heterocycles. The molecule has 0 saturated carbocycles. The summed E-state index contributed by atoms with van der Waals surface area (Å²) in [5.41, 5.74) is 1.52. The van der Waals surface area contributed by atoms with Crippen LogP contribution in [0.25, 0.3) is 0 Å². The van der Waals surface area contributed by atoms with Crippen molar-refractivity contribution in [2.45, 2.75) is 12.5 Å². The lowest BCUT2D eigenvalue weighted by molar-refractivity contribution is -0.0902. The predicted molar refractivity (Wildman–Crippen MR) is 76.1 cm³/mol. The highest BCUT2D eigenvalue weighted by atomic mass is 32.1. The topological polar surface area (TPSA) is 48.4 Å². The van der Waals surface area contributed by atoms with E-state index < -0.39 is 0 Å². The minimum absolute atomic E-state index is 0.0864. The number of hydrogen-bond acceptors (Lipinski definition) is 5. The minimum atomic E-state index is -0.0886. The lowest BCUT2D eigenvalue weighted by atomic mass is 10.1. The van der Waals surface area contributed by atoms with Crippen molar-refractivity contribution in [1.82, 2.24) is 4.98 Å². The Hall–Kier alpha value is -1.56. The van der Waals surface area contributed by atoms with Gasteiger partial charge in [-0.3, -0.25) is 4.79 Å². The summed E-state index contributed by atoms with van der Waals surface area (Å²) in [6, 6.07) is 9.29. The first-order chi connectivity index (χ1) is 9.83. The van der Waals surface area contributed by atoms with Gasteiger partial charge in [0.25, 0.3) is 0 Å². The second kappa shape index (κ2) is 6.26. The van der Waals surface area contributed by atoms with Crippen molar-refractivity contribution >= 4 is 17.1 Å². The third kappa shape index (κ3) is 3.12. The quantitative estimate of drug-likeness (QED) is 0.812. The summed E-state index contributed by atoms with van der Waals surface area (Å²) in [5.74, 6) is 0.0864. The molecule has 1 aliphatic rings. The van der Waals surface area contributed by atoms with Gasteiger partial charge in [0, 0.05) is 10.9 Å². The summed E-state index contributed by atoms with van der Waals surface area (Å²) in [7, 11) is 0. The smallest absolute Gasteiger partial charge is 0.168 e. The molecule has 2 heterocycles. The number of benzene rings is 1. The summed E-state index contributed by atoms with van der Waals surface area (Å²) >= 11 is 1.52. The maximum Gasteiger partial charge on any atom is 0.168 e. The van der Waals surface area contributed by atoms with Crippen LogP contribution in [-0.2, 0) is 15.9 Å². The van der Waals surface area contributed by atoms with E-state index >= 15 is 0 Å². The van der Waals surface area contributed by atoms with Crippen LogP contribution in [0.1, 0.15) is 27.2 Å². The molecule has 0 N–H and O–H groups in total. The average Bonchev–Trinajstić information content (AvgIpc) is 2.97. The summed E-state index contributed by atoms with van der Waals surface area (Å²) in [5, 5.41) is 2.81. The van der Waals surface area contributed by atoms with Gasteiger partial charge in [-0.25, -0.2) is 4.98 Å². The van der Waals surface area contributed by atoms with Gasteiger partial charge < -0.3 is 9.47 Å². The monoisotopic (exact) mass is 289 g/mol. The minimum Gasteiger partial charge on any atom is -0.376 e. The highest BCUT2D eigenvalue weighted by Gasteiger charge is 2.20. The van der Waals surface area contributed by atoms with Crippen molar-refractivity contribution in [3.05, 3.63) is 52.0 Å². The summed E-state index contributed by atoms with van der Waals surface area (Å²) in [4.78, 5) is 16.6. The molecule has 0 bridgehead atoms. The zero-order chi connectivity index (χ0) is 13.8. The lowest BCUT2D eigenvalue weighted by Gasteiger charge is -2.20. The second-order valence-electron chi connectivity index (χ2n) is 4.58. The van der Waals surface area contributed by atoms with Crippen molar-refractivity contribution in [2.75, 3.05) is 19.8 Å². The number of ketones is 1. The van der Waals surface area contributed by atoms with E-state index in [1.165, 1.54) is 11.3 Å². The lowest BCUT2D eigenvalue weighted by Crippen LogP contribution is -2.21. The van der Waals surface area contributed by atoms with Crippen molar-refractivity contribution in [3.8, 4) is 0 Å². The highest BCUT2D eigenvalue weighted by Crippen LogP contribution is 2.24. The molecule has 5 heteroatoms. The molecule has 1 aromatic carbocycles. The molecule has 1 unspecified atom stereocenters. The normalized spacial score (nSPS) is 18.9. The Balaban J connectivity index is 1.66. The third-order valence-corrected chi connectivity index (χ3v) is 4.08. The Labute approximate surface area is 121 Å². The molecular weight excluding hydrogens is 274 g/mol. The molecule has 0 radical (unpaired) electrons. The fourth-order valence-corrected chi connectivity index (χ4v) is 2.92. The molecule has 3 rings (SSSR count). The van der Waals surface area contributed by atoms with E-state index in [4.69, 9.17) is 9.47 Å². The third-order valence-electron chi connectivity index (χ3n) is 3.10. The number of carbonyl (C=O) groups excluding carboxylic acids is 1. The standard InChI is InChI=1S/C15H15NO3S/c17-13(11-4-2-1-3-5-11)8-12-10-20-15(16-12)14-9-18-6-7-19-14/h1-5,10,14H,6-9H2. The van der Waals surface area contributed by atoms with E-state index in [0.717, 1.165) is 16.3 Å². The number of thiazole rings is 1. The van der Waals surface area contributed by atoms with Crippen LogP contribution in [0.4, 0.5) is 0 Å². The predicted octanol–water partition coefficient (Wildman–Crippen LogP) is 2.66. The molecular formula is C15H15NO3S. The summed E-state index contributed by atoms with van der Waals surface area (Å²) < 4.78 is 11.0. The number of ether oxygens (including phenoxy) is 2. The Kier molecular flexibility index (Phi) is 4.20. The Morgan fingerprint density at radius 2 is 2.15 bits per heavy atom. The van der Waals surface area contributed by atoms with E-state index in [9.17, 15) is 4.79 Å². The Morgan fingerprint density at radius 3 is 2.90 bits per heavy atom.